The van der Waals surface area contributed by atoms with Crippen molar-refractivity contribution in [2.24, 2.45) is 0 Å². The van der Waals surface area contributed by atoms with E-state index in [1.54, 1.807) is 0 Å². The lowest BCUT2D eigenvalue weighted by Crippen LogP contribution is -2.14. The van der Waals surface area contributed by atoms with Crippen molar-refractivity contribution in [3.8, 4) is 39.9 Å². The summed E-state index contributed by atoms with van der Waals surface area (Å²) in [4.78, 5) is 15.6. The number of hydrogen-bond donors (Lipinski definition) is 0. The van der Waals surface area contributed by atoms with E-state index >= 15 is 0 Å². The fourth-order valence-corrected chi connectivity index (χ4v) is 7.64. The highest BCUT2D eigenvalue weighted by Crippen LogP contribution is 2.51. The molecule has 0 amide bonds. The van der Waals surface area contributed by atoms with Gasteiger partial charge in [-0.15, -0.1) is 0 Å². The van der Waals surface area contributed by atoms with E-state index in [0.717, 1.165) is 44.1 Å². The first-order chi connectivity index (χ1) is 23.1. The Morgan fingerprint density at radius 3 is 2.11 bits per heavy atom. The minimum Gasteiger partial charge on any atom is -0.456 e. The highest BCUT2D eigenvalue weighted by molar-refractivity contribution is 6.13. The van der Waals surface area contributed by atoms with Gasteiger partial charge in [0.15, 0.2) is 11.6 Å². The van der Waals surface area contributed by atoms with E-state index in [9.17, 15) is 0 Å². The molecule has 0 saturated heterocycles. The summed E-state index contributed by atoms with van der Waals surface area (Å²) in [5.74, 6) is 1.80. The summed E-state index contributed by atoms with van der Waals surface area (Å²) in [5.41, 5.74) is 10.7. The van der Waals surface area contributed by atoms with Gasteiger partial charge in [-0.2, -0.15) is 9.97 Å². The summed E-state index contributed by atoms with van der Waals surface area (Å²) in [5, 5.41) is 4.39. The minimum absolute atomic E-state index is 0.101. The number of benzene rings is 6. The van der Waals surface area contributed by atoms with Crippen LogP contribution in [0.2, 0.25) is 0 Å². The van der Waals surface area contributed by atoms with Crippen molar-refractivity contribution in [2.75, 3.05) is 0 Å². The molecular formula is C42H28N4O. The zero-order chi connectivity index (χ0) is 31.3. The van der Waals surface area contributed by atoms with Crippen molar-refractivity contribution in [1.82, 2.24) is 19.5 Å². The van der Waals surface area contributed by atoms with Crippen LogP contribution in [0.4, 0.5) is 0 Å². The molecule has 3 aromatic heterocycles. The Labute approximate surface area is 270 Å². The second-order valence-electron chi connectivity index (χ2n) is 12.9. The first-order valence-electron chi connectivity index (χ1n) is 16.0. The summed E-state index contributed by atoms with van der Waals surface area (Å²) in [6, 6.07) is 46.5. The molecule has 5 nitrogen and oxygen atoms in total. The van der Waals surface area contributed by atoms with Gasteiger partial charge in [-0.05, 0) is 52.6 Å². The topological polar surface area (TPSA) is 56.7 Å². The van der Waals surface area contributed by atoms with Crippen molar-refractivity contribution in [3.05, 3.63) is 145 Å². The van der Waals surface area contributed by atoms with E-state index in [1.165, 1.54) is 33.0 Å². The molecule has 222 valence electrons. The maximum atomic E-state index is 6.26. The largest absolute Gasteiger partial charge is 0.456 e. The third-order valence-electron chi connectivity index (χ3n) is 9.87. The predicted molar refractivity (Wildman–Crippen MR) is 190 cm³/mol. The number of rotatable bonds is 3. The van der Waals surface area contributed by atoms with E-state index in [0.29, 0.717) is 17.6 Å². The van der Waals surface area contributed by atoms with Crippen LogP contribution in [0.1, 0.15) is 25.0 Å². The Bertz CT molecular complexity index is 2720. The fraction of sp³-hybridized carbons (Fsp3) is 0.0714. The van der Waals surface area contributed by atoms with Gasteiger partial charge in [0.2, 0.25) is 5.95 Å². The van der Waals surface area contributed by atoms with Crippen LogP contribution in [0.3, 0.4) is 0 Å². The van der Waals surface area contributed by atoms with Gasteiger partial charge in [-0.1, -0.05) is 117 Å². The minimum atomic E-state index is -0.101. The van der Waals surface area contributed by atoms with Crippen molar-refractivity contribution in [2.45, 2.75) is 19.3 Å². The lowest BCUT2D eigenvalue weighted by molar-refractivity contribution is 0.661. The SMILES string of the molecule is CC1(C)c2ccccc2-c2cc3c(cc21)c1ccccc1n3-c1nc(-c2ccccc2)nc(-c2cccc3oc4ccccc4c23)n1. The number of aromatic nitrogens is 4. The third-order valence-corrected chi connectivity index (χ3v) is 9.87. The molecule has 1 aliphatic rings. The molecule has 0 aliphatic heterocycles. The van der Waals surface area contributed by atoms with E-state index in [1.807, 2.05) is 48.5 Å². The smallest absolute Gasteiger partial charge is 0.238 e. The third kappa shape index (κ3) is 3.68. The van der Waals surface area contributed by atoms with Crippen molar-refractivity contribution < 1.29 is 4.42 Å². The summed E-state index contributed by atoms with van der Waals surface area (Å²) in [6.45, 7) is 4.65. The van der Waals surface area contributed by atoms with Gasteiger partial charge >= 0.3 is 0 Å². The van der Waals surface area contributed by atoms with Gasteiger partial charge in [-0.25, -0.2) is 4.98 Å². The van der Waals surface area contributed by atoms with Gasteiger partial charge in [0, 0.05) is 38.1 Å². The summed E-state index contributed by atoms with van der Waals surface area (Å²) in [6.07, 6.45) is 0. The second kappa shape index (κ2) is 9.47. The summed E-state index contributed by atoms with van der Waals surface area (Å²) < 4.78 is 8.47. The molecule has 0 saturated carbocycles. The molecule has 0 fully saturated rings. The maximum Gasteiger partial charge on any atom is 0.238 e. The van der Waals surface area contributed by atoms with Crippen LogP contribution in [0, 0.1) is 0 Å². The molecule has 0 N–H and O–H groups in total. The van der Waals surface area contributed by atoms with E-state index in [-0.39, 0.29) is 5.41 Å². The molecule has 9 aromatic rings. The zero-order valence-electron chi connectivity index (χ0n) is 25.9. The summed E-state index contributed by atoms with van der Waals surface area (Å²) >= 11 is 0. The lowest BCUT2D eigenvalue weighted by atomic mass is 9.82. The zero-order valence-corrected chi connectivity index (χ0v) is 25.9. The van der Waals surface area contributed by atoms with Gasteiger partial charge < -0.3 is 4.42 Å². The highest BCUT2D eigenvalue weighted by Gasteiger charge is 2.36. The Balaban J connectivity index is 1.31. The first-order valence-corrected chi connectivity index (χ1v) is 16.0. The molecule has 6 aromatic carbocycles. The Kier molecular flexibility index (Phi) is 5.28. The quantitative estimate of drug-likeness (QED) is 0.201. The first kappa shape index (κ1) is 26.2. The Morgan fingerprint density at radius 1 is 0.511 bits per heavy atom. The number of nitrogens with zero attached hydrogens (tertiary/aromatic N) is 4. The number of fused-ring (bicyclic) bond motifs is 9. The van der Waals surface area contributed by atoms with Crippen LogP contribution in [0.5, 0.6) is 0 Å². The van der Waals surface area contributed by atoms with Crippen LogP contribution in [-0.2, 0) is 5.41 Å². The van der Waals surface area contributed by atoms with Gasteiger partial charge in [0.25, 0.3) is 0 Å². The monoisotopic (exact) mass is 604 g/mol. The van der Waals surface area contributed by atoms with E-state index < -0.39 is 0 Å². The molecular weight excluding hydrogens is 576 g/mol. The maximum absolute atomic E-state index is 6.26. The predicted octanol–water partition coefficient (Wildman–Crippen LogP) is 10.5. The molecule has 3 heterocycles. The van der Waals surface area contributed by atoms with E-state index in [2.05, 4.69) is 103 Å². The van der Waals surface area contributed by atoms with Crippen molar-refractivity contribution in [3.63, 3.8) is 0 Å². The fourth-order valence-electron chi connectivity index (χ4n) is 7.64. The molecule has 47 heavy (non-hydrogen) atoms. The second-order valence-corrected chi connectivity index (χ2v) is 12.9. The Morgan fingerprint density at radius 2 is 1.21 bits per heavy atom. The normalized spacial score (nSPS) is 13.5. The van der Waals surface area contributed by atoms with E-state index in [4.69, 9.17) is 19.4 Å². The lowest BCUT2D eigenvalue weighted by Gasteiger charge is -2.21. The number of furan rings is 1. The van der Waals surface area contributed by atoms with Crippen LogP contribution in [-0.4, -0.2) is 19.5 Å². The molecule has 0 spiro atoms. The molecule has 0 atom stereocenters. The molecule has 0 unspecified atom stereocenters. The highest BCUT2D eigenvalue weighted by atomic mass is 16.3. The Hall–Kier alpha value is -6.07. The van der Waals surface area contributed by atoms with Crippen LogP contribution < -0.4 is 0 Å². The molecule has 5 heteroatoms. The van der Waals surface area contributed by atoms with Crippen molar-refractivity contribution >= 4 is 43.7 Å². The van der Waals surface area contributed by atoms with Crippen LogP contribution >= 0.6 is 0 Å². The van der Waals surface area contributed by atoms with Crippen LogP contribution in [0.15, 0.2) is 138 Å². The van der Waals surface area contributed by atoms with Crippen LogP contribution in [0.25, 0.3) is 83.6 Å². The van der Waals surface area contributed by atoms with Gasteiger partial charge in [0.05, 0.1) is 11.0 Å². The van der Waals surface area contributed by atoms with Gasteiger partial charge in [-0.3, -0.25) is 4.57 Å². The molecule has 0 radical (unpaired) electrons. The number of hydrogen-bond acceptors (Lipinski definition) is 4. The standard InChI is InChI=1S/C42H28N4O/c1-42(2)32-19-9-6-15-26(32)30-24-35-31(23-33(30)42)27-16-7-10-20-34(27)46(35)41-44-39(25-13-4-3-5-14-25)43-40(45-41)29-18-12-22-37-38(29)28-17-8-11-21-36(28)47-37/h3-24H,1-2H3. The summed E-state index contributed by atoms with van der Waals surface area (Å²) in [7, 11) is 0. The van der Waals surface area contributed by atoms with Crippen molar-refractivity contribution in [1.29, 1.82) is 0 Å². The van der Waals surface area contributed by atoms with Gasteiger partial charge in [0.1, 0.15) is 11.2 Å². The molecule has 0 bridgehead atoms. The number of para-hydroxylation sites is 2. The molecule has 10 rings (SSSR count). The molecule has 1 aliphatic carbocycles. The average molecular weight is 605 g/mol. The average Bonchev–Trinajstić information content (AvgIpc) is 3.73.